The molecule has 0 saturated heterocycles. The summed E-state index contributed by atoms with van der Waals surface area (Å²) in [5.41, 5.74) is 7.54. The summed E-state index contributed by atoms with van der Waals surface area (Å²) < 4.78 is 4.61. The average molecular weight is 372 g/mol. The fourth-order valence-electron chi connectivity index (χ4n) is 2.40. The van der Waals surface area contributed by atoms with Crippen LogP contribution in [0.15, 0.2) is 60.7 Å². The highest BCUT2D eigenvalue weighted by molar-refractivity contribution is 7.99. The molecule has 26 heavy (non-hydrogen) atoms. The fourth-order valence-corrected chi connectivity index (χ4v) is 3.47. The molecule has 0 aliphatic rings. The van der Waals surface area contributed by atoms with Crippen molar-refractivity contribution >= 4 is 23.8 Å². The third-order valence-corrected chi connectivity index (χ3v) is 5.37. The van der Waals surface area contributed by atoms with Gasteiger partial charge in [0.05, 0.1) is 0 Å². The van der Waals surface area contributed by atoms with Crippen LogP contribution in [0.25, 0.3) is 0 Å². The van der Waals surface area contributed by atoms with Crippen LogP contribution in [-0.4, -0.2) is 22.8 Å². The normalized spacial score (nSPS) is 12.2. The highest BCUT2D eigenvalue weighted by Gasteiger charge is 2.36. The Balaban J connectivity index is 1.93. The van der Waals surface area contributed by atoms with E-state index in [-0.39, 0.29) is 6.61 Å². The van der Waals surface area contributed by atoms with Gasteiger partial charge in [0.15, 0.2) is 0 Å². The van der Waals surface area contributed by atoms with Crippen molar-refractivity contribution in [1.29, 1.82) is 0 Å². The van der Waals surface area contributed by atoms with Gasteiger partial charge < -0.3 is 15.8 Å². The highest BCUT2D eigenvalue weighted by atomic mass is 32.2. The van der Waals surface area contributed by atoms with Gasteiger partial charge in [0.2, 0.25) is 5.91 Å². The second-order valence-corrected chi connectivity index (χ2v) is 8.05. The molecular formula is C20H24N2O3S. The van der Waals surface area contributed by atoms with E-state index in [2.05, 4.69) is 5.32 Å². The van der Waals surface area contributed by atoms with Crippen molar-refractivity contribution in [3.8, 4) is 0 Å². The maximum Gasteiger partial charge on any atom is 0.408 e. The van der Waals surface area contributed by atoms with Crippen molar-refractivity contribution in [1.82, 2.24) is 5.32 Å². The molecule has 0 aliphatic heterocycles. The zero-order valence-electron chi connectivity index (χ0n) is 15.0. The number of carbonyl (C=O) groups excluding carboxylic acids is 2. The minimum absolute atomic E-state index is 0.135. The van der Waals surface area contributed by atoms with Crippen LogP contribution in [0.5, 0.6) is 0 Å². The van der Waals surface area contributed by atoms with Crippen LogP contribution in [0.4, 0.5) is 4.79 Å². The first-order valence-electron chi connectivity index (χ1n) is 8.33. The van der Waals surface area contributed by atoms with E-state index in [1.54, 1.807) is 11.8 Å². The van der Waals surface area contributed by atoms with Crippen molar-refractivity contribution in [2.24, 2.45) is 5.73 Å². The second kappa shape index (κ2) is 9.29. The molecule has 0 bridgehead atoms. The quantitative estimate of drug-likeness (QED) is 0.743. The van der Waals surface area contributed by atoms with E-state index in [1.165, 1.54) is 0 Å². The summed E-state index contributed by atoms with van der Waals surface area (Å²) in [6, 6.07) is 18.4. The average Bonchev–Trinajstić information content (AvgIpc) is 2.64. The third kappa shape index (κ3) is 6.11. The van der Waals surface area contributed by atoms with Crippen LogP contribution in [0.3, 0.4) is 0 Å². The molecule has 138 valence electrons. The molecular weight excluding hydrogens is 348 g/mol. The number of amides is 2. The molecule has 2 amide bonds. The summed E-state index contributed by atoms with van der Waals surface area (Å²) in [6.45, 7) is 3.90. The molecule has 2 aromatic rings. The lowest BCUT2D eigenvalue weighted by atomic mass is 10.0. The minimum Gasteiger partial charge on any atom is -0.445 e. The maximum atomic E-state index is 12.1. The van der Waals surface area contributed by atoms with E-state index in [0.29, 0.717) is 5.75 Å². The number of ether oxygens (including phenoxy) is 1. The number of primary amides is 1. The molecule has 0 aromatic heterocycles. The van der Waals surface area contributed by atoms with Crippen molar-refractivity contribution in [2.45, 2.75) is 37.0 Å². The summed E-state index contributed by atoms with van der Waals surface area (Å²) in [5.74, 6) is 0.116. The molecule has 0 fully saturated rings. The van der Waals surface area contributed by atoms with Crippen LogP contribution in [0.2, 0.25) is 0 Å². The first-order chi connectivity index (χ1) is 12.4. The molecule has 0 aliphatic carbocycles. The summed E-state index contributed by atoms with van der Waals surface area (Å²) in [5, 5.41) is 2.61. The van der Waals surface area contributed by atoms with E-state index >= 15 is 0 Å². The van der Waals surface area contributed by atoms with Gasteiger partial charge >= 0.3 is 6.09 Å². The van der Waals surface area contributed by atoms with E-state index in [1.807, 2.05) is 74.5 Å². The number of nitrogens with one attached hydrogen (secondary N) is 1. The molecule has 6 heteroatoms. The van der Waals surface area contributed by atoms with Gasteiger partial charge in [-0.05, 0) is 25.0 Å². The van der Waals surface area contributed by atoms with Gasteiger partial charge in [-0.1, -0.05) is 60.7 Å². The zero-order chi connectivity index (χ0) is 19.0. The molecule has 0 spiro atoms. The first-order valence-corrected chi connectivity index (χ1v) is 9.31. The smallest absolute Gasteiger partial charge is 0.408 e. The summed E-state index contributed by atoms with van der Waals surface area (Å²) in [4.78, 5) is 24.0. The fraction of sp³-hybridized carbons (Fsp3) is 0.300. The molecule has 0 radical (unpaired) electrons. The highest BCUT2D eigenvalue weighted by Crippen LogP contribution is 2.31. The number of hydrogen-bond donors (Lipinski definition) is 2. The molecule has 1 unspecified atom stereocenters. The second-order valence-electron chi connectivity index (χ2n) is 6.42. The first kappa shape index (κ1) is 19.8. The van der Waals surface area contributed by atoms with E-state index in [0.717, 1.165) is 11.1 Å². The van der Waals surface area contributed by atoms with Crippen LogP contribution in [0.1, 0.15) is 25.0 Å². The molecule has 3 N–H and O–H groups in total. The summed E-state index contributed by atoms with van der Waals surface area (Å²) >= 11 is 1.55. The predicted molar refractivity (Wildman–Crippen MR) is 105 cm³/mol. The van der Waals surface area contributed by atoms with E-state index in [9.17, 15) is 9.59 Å². The lowest BCUT2D eigenvalue weighted by Crippen LogP contribution is -2.55. The topological polar surface area (TPSA) is 81.4 Å². The van der Waals surface area contributed by atoms with Crippen LogP contribution in [-0.2, 0) is 21.9 Å². The Labute approximate surface area is 158 Å². The van der Waals surface area contributed by atoms with Crippen LogP contribution >= 0.6 is 11.8 Å². The Kier molecular flexibility index (Phi) is 7.09. The van der Waals surface area contributed by atoms with Crippen molar-refractivity contribution in [3.63, 3.8) is 0 Å². The SMILES string of the molecule is CC(C)(SCc1ccccc1)C(NC(=O)OCc1ccccc1)C(N)=O. The van der Waals surface area contributed by atoms with Gasteiger partial charge in [-0.2, -0.15) is 0 Å². The van der Waals surface area contributed by atoms with E-state index < -0.39 is 22.8 Å². The Morgan fingerprint density at radius 1 is 1.04 bits per heavy atom. The van der Waals surface area contributed by atoms with Crippen molar-refractivity contribution < 1.29 is 14.3 Å². The Morgan fingerprint density at radius 2 is 1.58 bits per heavy atom. The minimum atomic E-state index is -0.848. The summed E-state index contributed by atoms with van der Waals surface area (Å²) in [7, 11) is 0. The number of carbonyl (C=O) groups is 2. The summed E-state index contributed by atoms with van der Waals surface area (Å²) in [6.07, 6.45) is -0.661. The predicted octanol–water partition coefficient (Wildman–Crippen LogP) is 3.48. The molecule has 0 saturated carbocycles. The van der Waals surface area contributed by atoms with Gasteiger partial charge in [0, 0.05) is 10.5 Å². The van der Waals surface area contributed by atoms with Crippen LogP contribution < -0.4 is 11.1 Å². The van der Waals surface area contributed by atoms with E-state index in [4.69, 9.17) is 10.5 Å². The number of alkyl carbamates (subject to hydrolysis) is 1. The van der Waals surface area contributed by atoms with Gasteiger partial charge in [-0.3, -0.25) is 4.79 Å². The number of hydrogen-bond acceptors (Lipinski definition) is 4. The lowest BCUT2D eigenvalue weighted by Gasteiger charge is -2.32. The van der Waals surface area contributed by atoms with Gasteiger partial charge in [0.1, 0.15) is 12.6 Å². The molecule has 2 rings (SSSR count). The van der Waals surface area contributed by atoms with Gasteiger partial charge in [-0.25, -0.2) is 4.79 Å². The maximum absolute atomic E-state index is 12.1. The standard InChI is InChI=1S/C20H24N2O3S/c1-20(2,26-14-16-11-7-4-8-12-16)17(18(21)23)22-19(24)25-13-15-9-5-3-6-10-15/h3-12,17H,13-14H2,1-2H3,(H2,21,23)(H,22,24). The largest absolute Gasteiger partial charge is 0.445 e. The van der Waals surface area contributed by atoms with Gasteiger partial charge in [-0.15, -0.1) is 11.8 Å². The number of rotatable bonds is 8. The molecule has 0 heterocycles. The Hall–Kier alpha value is -2.47. The third-order valence-electron chi connectivity index (χ3n) is 3.91. The number of benzene rings is 2. The molecule has 1 atom stereocenters. The van der Waals surface area contributed by atoms with Crippen molar-refractivity contribution in [3.05, 3.63) is 71.8 Å². The number of thioether (sulfide) groups is 1. The van der Waals surface area contributed by atoms with Gasteiger partial charge in [0.25, 0.3) is 0 Å². The molecule has 5 nitrogen and oxygen atoms in total. The van der Waals surface area contributed by atoms with Crippen LogP contribution in [0, 0.1) is 0 Å². The van der Waals surface area contributed by atoms with Crippen molar-refractivity contribution in [2.75, 3.05) is 0 Å². The Morgan fingerprint density at radius 3 is 2.12 bits per heavy atom. The lowest BCUT2D eigenvalue weighted by molar-refractivity contribution is -0.120. The Bertz CT molecular complexity index is 720. The monoisotopic (exact) mass is 372 g/mol. The number of nitrogens with two attached hydrogens (primary N) is 1. The molecule has 2 aromatic carbocycles. The zero-order valence-corrected chi connectivity index (χ0v) is 15.8.